The molecule has 18 heteroatoms. The molecular weight excluding hydrogens is 911 g/mol. The van der Waals surface area contributed by atoms with Crippen LogP contribution in [0.1, 0.15) is 90.4 Å². The van der Waals surface area contributed by atoms with Crippen molar-refractivity contribution in [3.8, 4) is 11.3 Å². The highest BCUT2D eigenvalue weighted by Crippen LogP contribution is 2.42. The lowest BCUT2D eigenvalue weighted by Crippen LogP contribution is -2.67. The summed E-state index contributed by atoms with van der Waals surface area (Å²) >= 11 is 1.36. The van der Waals surface area contributed by atoms with Crippen molar-refractivity contribution in [1.82, 2.24) is 40.0 Å². The van der Waals surface area contributed by atoms with E-state index in [0.29, 0.717) is 55.5 Å². The number of allylic oxidation sites excluding steroid dienone is 2. The van der Waals surface area contributed by atoms with Crippen LogP contribution in [0.5, 0.6) is 0 Å². The lowest BCUT2D eigenvalue weighted by Gasteiger charge is -2.54. The first-order valence-electron chi connectivity index (χ1n) is 24.4. The number of likely N-dealkylation sites (tertiary alicyclic amines) is 2. The third-order valence-electron chi connectivity index (χ3n) is 14.4. The Kier molecular flexibility index (Phi) is 15.6. The smallest absolute Gasteiger partial charge is 0.355 e. The largest absolute Gasteiger partial charge is 0.462 e. The van der Waals surface area contributed by atoms with Crippen LogP contribution in [-0.4, -0.2) is 148 Å². The zero-order valence-electron chi connectivity index (χ0n) is 42.3. The van der Waals surface area contributed by atoms with Crippen LogP contribution in [0.25, 0.3) is 27.7 Å². The SMILES string of the molecule is C=CC(=O)N1CC2(CCN(C(=O)N(C)[C@H](C(=O)N[C@H]3Cc4nc(cs4)-c4ccc5c(c4)c(c(/C(C=C)=C(/N=CC)[C@H](C)OC)n5CC)CC(C)(C)COC(=O)[C@@]4(O)CCCN(N4)C3=O)C(C)C)CC2)C1. The number of nitrogens with zero attached hydrogens (tertiary/aromatic N) is 7. The number of esters is 1. The Morgan fingerprint density at radius 2 is 1.81 bits per heavy atom. The number of hydrogen-bond acceptors (Lipinski definition) is 12. The second-order valence-corrected chi connectivity index (χ2v) is 21.4. The number of hydrazine groups is 1. The number of rotatable bonds is 11. The van der Waals surface area contributed by atoms with E-state index in [0.717, 1.165) is 46.1 Å². The van der Waals surface area contributed by atoms with E-state index in [4.69, 9.17) is 19.5 Å². The van der Waals surface area contributed by atoms with Crippen molar-refractivity contribution in [3.63, 3.8) is 0 Å². The molecule has 17 nitrogen and oxygen atoms in total. The summed E-state index contributed by atoms with van der Waals surface area (Å²) in [5.74, 6) is -2.47. The number of aromatic nitrogens is 2. The van der Waals surface area contributed by atoms with E-state index in [1.807, 2.05) is 59.1 Å². The molecule has 3 saturated heterocycles. The highest BCUT2D eigenvalue weighted by molar-refractivity contribution is 7.10. The molecule has 6 bridgehead atoms. The first-order chi connectivity index (χ1) is 33.2. The van der Waals surface area contributed by atoms with Crippen LogP contribution < -0.4 is 10.7 Å². The molecule has 2 aromatic heterocycles. The maximum Gasteiger partial charge on any atom is 0.355 e. The average molecular weight is 982 g/mol. The second-order valence-electron chi connectivity index (χ2n) is 20.4. The molecule has 70 heavy (non-hydrogen) atoms. The number of likely N-dealkylation sites (N-methyl/N-ethyl adjacent to an activating group) is 1. The predicted molar refractivity (Wildman–Crippen MR) is 271 cm³/mol. The van der Waals surface area contributed by atoms with Gasteiger partial charge in [0.1, 0.15) is 12.1 Å². The van der Waals surface area contributed by atoms with Gasteiger partial charge in [-0.3, -0.25) is 24.4 Å². The summed E-state index contributed by atoms with van der Waals surface area (Å²) in [6.45, 7) is 24.4. The molecule has 4 aliphatic rings. The molecule has 0 saturated carbocycles. The van der Waals surface area contributed by atoms with E-state index in [9.17, 15) is 29.1 Å². The van der Waals surface area contributed by atoms with Gasteiger partial charge in [-0.25, -0.2) is 14.6 Å². The Morgan fingerprint density at radius 3 is 2.44 bits per heavy atom. The molecule has 7 rings (SSSR count). The van der Waals surface area contributed by atoms with Crippen LogP contribution in [0.3, 0.4) is 0 Å². The maximum absolute atomic E-state index is 14.7. The summed E-state index contributed by atoms with van der Waals surface area (Å²) in [5, 5.41) is 19.6. The van der Waals surface area contributed by atoms with Gasteiger partial charge in [0.15, 0.2) is 0 Å². The predicted octanol–water partition coefficient (Wildman–Crippen LogP) is 5.96. The van der Waals surface area contributed by atoms with Gasteiger partial charge in [0.2, 0.25) is 17.5 Å². The van der Waals surface area contributed by atoms with Crippen LogP contribution >= 0.6 is 11.3 Å². The highest BCUT2D eigenvalue weighted by Gasteiger charge is 2.48. The van der Waals surface area contributed by atoms with Gasteiger partial charge in [-0.1, -0.05) is 53.0 Å². The first kappa shape index (κ1) is 52.1. The molecule has 1 aromatic carbocycles. The molecule has 3 N–H and O–H groups in total. The summed E-state index contributed by atoms with van der Waals surface area (Å²) in [6, 6.07) is 3.77. The molecule has 3 fully saturated rings. The van der Waals surface area contributed by atoms with Gasteiger partial charge in [0.25, 0.3) is 5.91 Å². The molecule has 4 aliphatic heterocycles. The van der Waals surface area contributed by atoms with Gasteiger partial charge in [0.05, 0.1) is 34.8 Å². The summed E-state index contributed by atoms with van der Waals surface area (Å²) in [7, 11) is 3.25. The number of piperidine rings is 1. The minimum Gasteiger partial charge on any atom is -0.462 e. The number of thiazole rings is 1. The third-order valence-corrected chi connectivity index (χ3v) is 15.3. The summed E-state index contributed by atoms with van der Waals surface area (Å²) < 4.78 is 14.0. The molecule has 6 heterocycles. The Morgan fingerprint density at radius 1 is 1.10 bits per heavy atom. The molecule has 0 aliphatic carbocycles. The standard InChI is InChI=1S/C52H71N9O8S/c1-12-35(43(53-14-3)33(7)68-11)45-37-27-50(8,9)31-69-48(65)52(67)19-16-22-61(56-52)47(64)38(26-41-54-39(28-70-41)34-17-18-40(36(37)25-34)60(45)15-4)55-46(63)44(32(5)6)57(10)49(66)58-23-20-51(21-24-58)29-59(30-51)42(62)13-2/h12-14,17-18,25,28,32-33,38,44,56,67H,1-2,15-16,19-24,26-27,29-31H2,3-11H3,(H,55,63)/b43-35+,53-14?/t33-,38-,44-,52-/m0/s1. The van der Waals surface area contributed by atoms with Crippen LogP contribution in [0.4, 0.5) is 4.79 Å². The van der Waals surface area contributed by atoms with Crippen molar-refractivity contribution in [3.05, 3.63) is 70.9 Å². The van der Waals surface area contributed by atoms with Gasteiger partial charge in [-0.05, 0) is 76.1 Å². The van der Waals surface area contributed by atoms with Crippen LogP contribution in [0, 0.1) is 16.7 Å². The quantitative estimate of drug-likeness (QED) is 0.0895. The second kappa shape index (κ2) is 21.0. The van der Waals surface area contributed by atoms with Crippen LogP contribution in [-0.2, 0) is 48.0 Å². The van der Waals surface area contributed by atoms with Crippen molar-refractivity contribution in [2.24, 2.45) is 21.7 Å². The van der Waals surface area contributed by atoms with E-state index in [1.165, 1.54) is 27.3 Å². The number of amides is 5. The summed E-state index contributed by atoms with van der Waals surface area (Å²) in [5.41, 5.74) is 5.80. The Hall–Kier alpha value is -5.69. The number of benzene rings is 1. The first-order valence-corrected chi connectivity index (χ1v) is 25.3. The third kappa shape index (κ3) is 10.4. The van der Waals surface area contributed by atoms with Crippen molar-refractivity contribution in [2.75, 3.05) is 53.5 Å². The number of cyclic esters (lactones) is 1. The van der Waals surface area contributed by atoms with Gasteiger partial charge >= 0.3 is 12.0 Å². The Labute approximate surface area is 415 Å². The number of carbonyl (C=O) groups is 5. The number of methoxy groups -OCH3 is 1. The van der Waals surface area contributed by atoms with Crippen molar-refractivity contribution >= 4 is 63.7 Å². The normalized spacial score (nSPS) is 22.8. The van der Waals surface area contributed by atoms with Crippen molar-refractivity contribution < 1.29 is 38.6 Å². The maximum atomic E-state index is 14.7. The zero-order chi connectivity index (χ0) is 50.9. The topological polar surface area (TPSA) is 191 Å². The number of aryl methyl sites for hydroxylation is 1. The molecule has 4 atom stereocenters. The zero-order valence-corrected chi connectivity index (χ0v) is 43.1. The van der Waals surface area contributed by atoms with E-state index in [-0.39, 0.29) is 61.8 Å². The molecule has 3 aromatic rings. The van der Waals surface area contributed by atoms with E-state index >= 15 is 0 Å². The lowest BCUT2D eigenvalue weighted by molar-refractivity contribution is -0.189. The van der Waals surface area contributed by atoms with Gasteiger partial charge in [-0.2, -0.15) is 5.43 Å². The fourth-order valence-corrected chi connectivity index (χ4v) is 11.4. The summed E-state index contributed by atoms with van der Waals surface area (Å²) in [6.07, 6.45) is 6.69. The lowest BCUT2D eigenvalue weighted by atomic mass is 9.72. The summed E-state index contributed by atoms with van der Waals surface area (Å²) in [4.78, 5) is 84.4. The van der Waals surface area contributed by atoms with Crippen molar-refractivity contribution in [1.29, 1.82) is 0 Å². The number of carbonyl (C=O) groups excluding carboxylic acids is 5. The fraction of sp³-hybridized carbons (Fsp3) is 0.558. The van der Waals surface area contributed by atoms with Crippen LogP contribution in [0.15, 0.2) is 59.6 Å². The number of nitrogens with one attached hydrogen (secondary N) is 2. The molecular formula is C52H71N9O8S. The van der Waals surface area contributed by atoms with E-state index < -0.39 is 41.0 Å². The number of ether oxygens (including phenoxy) is 2. The molecule has 0 unspecified atom stereocenters. The fourth-order valence-electron chi connectivity index (χ4n) is 10.6. The van der Waals surface area contributed by atoms with E-state index in [2.05, 4.69) is 47.5 Å². The molecule has 1 spiro atoms. The Balaban J connectivity index is 1.24. The molecule has 0 radical (unpaired) electrons. The number of aliphatic imine (C=N–C) groups is 1. The average Bonchev–Trinajstić information content (AvgIpc) is 3.92. The minimum atomic E-state index is -2.24. The number of aliphatic hydroxyl groups is 1. The van der Waals surface area contributed by atoms with Gasteiger partial charge < -0.3 is 39.2 Å². The monoisotopic (exact) mass is 982 g/mol. The van der Waals surface area contributed by atoms with Gasteiger partial charge in [-0.15, -0.1) is 11.3 Å². The van der Waals surface area contributed by atoms with Crippen molar-refractivity contribution in [2.45, 2.75) is 117 Å². The highest BCUT2D eigenvalue weighted by atomic mass is 32.1. The number of hydrogen-bond donors (Lipinski definition) is 3. The van der Waals surface area contributed by atoms with Gasteiger partial charge in [0, 0.05) is 111 Å². The number of fused-ring (bicyclic) bond motifs is 6. The minimum absolute atomic E-state index is 0.0116. The van der Waals surface area contributed by atoms with E-state index in [1.54, 1.807) is 30.2 Å². The molecule has 378 valence electrons. The Bertz CT molecular complexity index is 2580. The number of urea groups is 1. The molecule has 5 amide bonds. The van der Waals surface area contributed by atoms with Crippen LogP contribution in [0.2, 0.25) is 0 Å².